The van der Waals surface area contributed by atoms with Crippen molar-refractivity contribution in [1.29, 1.82) is 0 Å². The number of imide groups is 2. The van der Waals surface area contributed by atoms with Crippen molar-refractivity contribution in [3.8, 4) is 0 Å². The molecule has 1 aromatic heterocycles. The zero-order chi connectivity index (χ0) is 19.8. The standard InChI is InChI=1S/C21H17N3O4/c1-13(14-7-3-2-4-8-14)24-20(27)19(26)23(21(24)28)12-18(25)16-11-22-17-10-6-5-9-15(16)17/h2-11,13,22H,12H2,1H3. The van der Waals surface area contributed by atoms with Crippen LogP contribution in [-0.2, 0) is 9.59 Å². The fraction of sp³-hybridized carbons (Fsp3) is 0.143. The number of benzene rings is 2. The number of fused-ring (bicyclic) bond motifs is 1. The number of urea groups is 1. The lowest BCUT2D eigenvalue weighted by atomic mass is 10.1. The quantitative estimate of drug-likeness (QED) is 0.422. The van der Waals surface area contributed by atoms with Crippen molar-refractivity contribution in [3.05, 3.63) is 71.9 Å². The Balaban J connectivity index is 1.58. The van der Waals surface area contributed by atoms with Crippen LogP contribution in [0, 0.1) is 0 Å². The van der Waals surface area contributed by atoms with Gasteiger partial charge in [0, 0.05) is 22.7 Å². The molecule has 1 N–H and O–H groups in total. The van der Waals surface area contributed by atoms with Gasteiger partial charge in [-0.1, -0.05) is 48.5 Å². The van der Waals surface area contributed by atoms with Crippen LogP contribution < -0.4 is 0 Å². The predicted octanol–water partition coefficient (Wildman–Crippen LogP) is 2.90. The first kappa shape index (κ1) is 17.7. The molecule has 1 saturated heterocycles. The van der Waals surface area contributed by atoms with Crippen molar-refractivity contribution in [3.63, 3.8) is 0 Å². The van der Waals surface area contributed by atoms with Crippen LogP contribution >= 0.6 is 0 Å². The van der Waals surface area contributed by atoms with Crippen LogP contribution in [0.15, 0.2) is 60.8 Å². The van der Waals surface area contributed by atoms with E-state index in [1.54, 1.807) is 49.5 Å². The summed E-state index contributed by atoms with van der Waals surface area (Å²) in [7, 11) is 0. The summed E-state index contributed by atoms with van der Waals surface area (Å²) >= 11 is 0. The molecule has 0 bridgehead atoms. The first-order chi connectivity index (χ1) is 13.5. The molecule has 2 heterocycles. The molecule has 140 valence electrons. The largest absolute Gasteiger partial charge is 0.360 e. The molecule has 0 spiro atoms. The van der Waals surface area contributed by atoms with Crippen LogP contribution in [0.2, 0.25) is 0 Å². The third-order valence-electron chi connectivity index (χ3n) is 4.94. The second-order valence-electron chi connectivity index (χ2n) is 6.61. The first-order valence-electron chi connectivity index (χ1n) is 8.82. The van der Waals surface area contributed by atoms with Crippen LogP contribution in [0.1, 0.15) is 28.9 Å². The number of nitrogens with one attached hydrogen (secondary N) is 1. The van der Waals surface area contributed by atoms with Crippen LogP contribution in [0.25, 0.3) is 10.9 Å². The Bertz CT molecular complexity index is 1100. The summed E-state index contributed by atoms with van der Waals surface area (Å²) in [5, 5.41) is 0.701. The number of ketones is 1. The number of hydrogen-bond donors (Lipinski definition) is 1. The predicted molar refractivity (Wildman–Crippen MR) is 101 cm³/mol. The molecular weight excluding hydrogens is 358 g/mol. The molecule has 0 saturated carbocycles. The monoisotopic (exact) mass is 375 g/mol. The topological polar surface area (TPSA) is 90.6 Å². The minimum Gasteiger partial charge on any atom is -0.360 e. The van der Waals surface area contributed by atoms with Gasteiger partial charge in [-0.3, -0.25) is 14.4 Å². The zero-order valence-electron chi connectivity index (χ0n) is 15.1. The van der Waals surface area contributed by atoms with Crippen molar-refractivity contribution in [1.82, 2.24) is 14.8 Å². The van der Waals surface area contributed by atoms with Gasteiger partial charge in [0.05, 0.1) is 12.6 Å². The van der Waals surface area contributed by atoms with Crippen LogP contribution in [0.3, 0.4) is 0 Å². The highest BCUT2D eigenvalue weighted by molar-refractivity contribution is 6.45. The molecule has 28 heavy (non-hydrogen) atoms. The summed E-state index contributed by atoms with van der Waals surface area (Å²) in [6.07, 6.45) is 1.55. The number of nitrogens with zero attached hydrogens (tertiary/aromatic N) is 2. The molecule has 4 amide bonds. The maximum atomic E-state index is 12.8. The molecule has 0 radical (unpaired) electrons. The lowest BCUT2D eigenvalue weighted by Gasteiger charge is -2.22. The molecular formula is C21H17N3O4. The minimum absolute atomic E-state index is 0.373. The summed E-state index contributed by atoms with van der Waals surface area (Å²) in [4.78, 5) is 54.9. The van der Waals surface area contributed by atoms with Crippen LogP contribution in [0.4, 0.5) is 4.79 Å². The average molecular weight is 375 g/mol. The number of H-pyrrole nitrogens is 1. The van der Waals surface area contributed by atoms with Crippen molar-refractivity contribution in [2.75, 3.05) is 6.54 Å². The molecule has 0 aliphatic carbocycles. The number of carbonyl (C=O) groups is 4. The van der Waals surface area contributed by atoms with E-state index in [0.29, 0.717) is 15.8 Å². The third kappa shape index (κ3) is 2.77. The van der Waals surface area contributed by atoms with Gasteiger partial charge in [-0.25, -0.2) is 14.6 Å². The molecule has 1 aliphatic rings. The van der Waals surface area contributed by atoms with Gasteiger partial charge in [-0.15, -0.1) is 0 Å². The highest BCUT2D eigenvalue weighted by Crippen LogP contribution is 2.27. The number of para-hydroxylation sites is 1. The highest BCUT2D eigenvalue weighted by Gasteiger charge is 2.47. The van der Waals surface area contributed by atoms with Gasteiger partial charge in [-0.05, 0) is 18.6 Å². The van der Waals surface area contributed by atoms with E-state index in [1.165, 1.54) is 0 Å². The van der Waals surface area contributed by atoms with E-state index in [9.17, 15) is 19.2 Å². The van der Waals surface area contributed by atoms with Crippen molar-refractivity contribution in [2.45, 2.75) is 13.0 Å². The number of aromatic amines is 1. The molecule has 7 nitrogen and oxygen atoms in total. The van der Waals surface area contributed by atoms with Gasteiger partial charge in [0.2, 0.25) is 0 Å². The minimum atomic E-state index is -0.985. The molecule has 4 rings (SSSR count). The Morgan fingerprint density at radius 3 is 2.39 bits per heavy atom. The number of rotatable bonds is 5. The number of amides is 4. The molecule has 2 aromatic carbocycles. The van der Waals surface area contributed by atoms with Gasteiger partial charge in [-0.2, -0.15) is 0 Å². The average Bonchev–Trinajstić information content (AvgIpc) is 3.23. The Morgan fingerprint density at radius 1 is 0.964 bits per heavy atom. The SMILES string of the molecule is CC(c1ccccc1)N1C(=O)C(=O)N(CC(=O)c2c[nH]c3ccccc23)C1=O. The second kappa shape index (κ2) is 6.77. The van der Waals surface area contributed by atoms with E-state index in [4.69, 9.17) is 0 Å². The fourth-order valence-corrected chi connectivity index (χ4v) is 3.41. The van der Waals surface area contributed by atoms with Crippen molar-refractivity contribution < 1.29 is 19.2 Å². The van der Waals surface area contributed by atoms with E-state index < -0.39 is 36.2 Å². The van der Waals surface area contributed by atoms with Gasteiger partial charge in [0.15, 0.2) is 5.78 Å². The molecule has 1 aliphatic heterocycles. The number of carbonyl (C=O) groups excluding carboxylic acids is 4. The van der Waals surface area contributed by atoms with Gasteiger partial charge in [0.25, 0.3) is 0 Å². The molecule has 1 fully saturated rings. The summed E-state index contributed by atoms with van der Waals surface area (Å²) in [6.45, 7) is 1.19. The zero-order valence-corrected chi connectivity index (χ0v) is 15.1. The normalized spacial score (nSPS) is 15.5. The van der Waals surface area contributed by atoms with Gasteiger partial charge >= 0.3 is 17.8 Å². The van der Waals surface area contributed by atoms with E-state index in [1.807, 2.05) is 18.2 Å². The second-order valence-corrected chi connectivity index (χ2v) is 6.61. The summed E-state index contributed by atoms with van der Waals surface area (Å²) in [6, 6.07) is 14.8. The number of Topliss-reactive ketones (excluding diaryl/α,β-unsaturated/α-hetero) is 1. The van der Waals surface area contributed by atoms with Crippen molar-refractivity contribution in [2.24, 2.45) is 0 Å². The molecule has 1 unspecified atom stereocenters. The Labute approximate surface area is 160 Å². The van der Waals surface area contributed by atoms with E-state index in [2.05, 4.69) is 4.98 Å². The van der Waals surface area contributed by atoms with Gasteiger partial charge < -0.3 is 4.98 Å². The lowest BCUT2D eigenvalue weighted by Crippen LogP contribution is -2.37. The van der Waals surface area contributed by atoms with Crippen LogP contribution in [0.5, 0.6) is 0 Å². The van der Waals surface area contributed by atoms with E-state index >= 15 is 0 Å². The Kier molecular flexibility index (Phi) is 4.27. The number of aromatic nitrogens is 1. The molecule has 3 aromatic rings. The maximum Gasteiger partial charge on any atom is 0.335 e. The first-order valence-corrected chi connectivity index (χ1v) is 8.82. The summed E-state index contributed by atoms with van der Waals surface area (Å²) in [5.41, 5.74) is 1.88. The summed E-state index contributed by atoms with van der Waals surface area (Å²) < 4.78 is 0. The van der Waals surface area contributed by atoms with E-state index in [-0.39, 0.29) is 0 Å². The van der Waals surface area contributed by atoms with Crippen LogP contribution in [-0.4, -0.2) is 45.0 Å². The maximum absolute atomic E-state index is 12.8. The Hall–Kier alpha value is -3.74. The highest BCUT2D eigenvalue weighted by atomic mass is 16.2. The van der Waals surface area contributed by atoms with Gasteiger partial charge in [0.1, 0.15) is 0 Å². The molecule has 7 heteroatoms. The third-order valence-corrected chi connectivity index (χ3v) is 4.94. The van der Waals surface area contributed by atoms with Crippen molar-refractivity contribution >= 4 is 34.5 Å². The Morgan fingerprint density at radius 2 is 1.64 bits per heavy atom. The molecule has 1 atom stereocenters. The smallest absolute Gasteiger partial charge is 0.335 e. The fourth-order valence-electron chi connectivity index (χ4n) is 3.41. The van der Waals surface area contributed by atoms with E-state index in [0.717, 1.165) is 16.0 Å². The lowest BCUT2D eigenvalue weighted by molar-refractivity contribution is -0.143. The number of hydrogen-bond acceptors (Lipinski definition) is 4. The summed E-state index contributed by atoms with van der Waals surface area (Å²) in [5.74, 6) is -2.32.